The van der Waals surface area contributed by atoms with Gasteiger partial charge in [-0.05, 0) is 49.9 Å². The zero-order valence-corrected chi connectivity index (χ0v) is 15.9. The van der Waals surface area contributed by atoms with Crippen LogP contribution in [0.5, 0.6) is 5.75 Å². The number of nitriles is 1. The number of rotatable bonds is 9. The fourth-order valence-electron chi connectivity index (χ4n) is 2.65. The van der Waals surface area contributed by atoms with Crippen LogP contribution in [0.3, 0.4) is 0 Å². The highest BCUT2D eigenvalue weighted by molar-refractivity contribution is 5.87. The molecule has 0 fully saturated rings. The van der Waals surface area contributed by atoms with Crippen LogP contribution in [0.15, 0.2) is 60.7 Å². The van der Waals surface area contributed by atoms with Gasteiger partial charge in [0.05, 0.1) is 18.2 Å². The first-order valence-electron chi connectivity index (χ1n) is 9.14. The van der Waals surface area contributed by atoms with Crippen molar-refractivity contribution in [1.82, 2.24) is 0 Å². The van der Waals surface area contributed by atoms with Crippen LogP contribution in [0.25, 0.3) is 11.1 Å². The molecule has 0 aliphatic heterocycles. The molecule has 2 aromatic rings. The highest BCUT2D eigenvalue weighted by Crippen LogP contribution is 2.30. The number of para-hydroxylation sites is 1. The average molecular weight is 363 g/mol. The Balaban J connectivity index is 1.93. The highest BCUT2D eigenvalue weighted by Gasteiger charge is 2.13. The number of hydrogen-bond acceptors (Lipinski definition) is 4. The van der Waals surface area contributed by atoms with E-state index in [1.807, 2.05) is 43.3 Å². The lowest BCUT2D eigenvalue weighted by molar-refractivity contribution is -0.144. The van der Waals surface area contributed by atoms with Crippen molar-refractivity contribution < 1.29 is 14.3 Å². The van der Waals surface area contributed by atoms with E-state index in [0.29, 0.717) is 17.7 Å². The lowest BCUT2D eigenvalue weighted by atomic mass is 10.0. The number of benzene rings is 2. The van der Waals surface area contributed by atoms with E-state index in [0.717, 1.165) is 36.1 Å². The second-order valence-corrected chi connectivity index (χ2v) is 6.39. The predicted molar refractivity (Wildman–Crippen MR) is 106 cm³/mol. The summed E-state index contributed by atoms with van der Waals surface area (Å²) in [6.07, 6.45) is 2.17. The second kappa shape index (κ2) is 10.2. The van der Waals surface area contributed by atoms with Gasteiger partial charge in [-0.2, -0.15) is 5.26 Å². The van der Waals surface area contributed by atoms with E-state index in [1.165, 1.54) is 0 Å². The quantitative estimate of drug-likeness (QED) is 0.345. The maximum atomic E-state index is 11.6. The van der Waals surface area contributed by atoms with E-state index in [9.17, 15) is 4.79 Å². The molecule has 0 bridgehead atoms. The Morgan fingerprint density at radius 2 is 1.89 bits per heavy atom. The number of nitrogens with zero attached hydrogens (tertiary/aromatic N) is 1. The molecule has 0 radical (unpaired) electrons. The number of ether oxygens (including phenoxy) is 2. The molecule has 0 aromatic heterocycles. The fourth-order valence-corrected chi connectivity index (χ4v) is 2.65. The summed E-state index contributed by atoms with van der Waals surface area (Å²) in [5, 5.41) is 8.94. The first kappa shape index (κ1) is 20.3. The van der Waals surface area contributed by atoms with Gasteiger partial charge in [0.2, 0.25) is 0 Å². The molecule has 2 rings (SSSR count). The zero-order valence-electron chi connectivity index (χ0n) is 15.9. The molecule has 0 saturated carbocycles. The normalized spacial score (nSPS) is 11.3. The third-order valence-corrected chi connectivity index (χ3v) is 4.22. The molecule has 1 unspecified atom stereocenters. The van der Waals surface area contributed by atoms with E-state index in [4.69, 9.17) is 14.7 Å². The van der Waals surface area contributed by atoms with E-state index >= 15 is 0 Å². The van der Waals surface area contributed by atoms with Gasteiger partial charge in [-0.1, -0.05) is 43.8 Å². The smallest absolute Gasteiger partial charge is 0.333 e. The largest absolute Gasteiger partial charge is 0.493 e. The van der Waals surface area contributed by atoms with Crippen LogP contribution < -0.4 is 4.74 Å². The molecule has 1 atom stereocenters. The van der Waals surface area contributed by atoms with Gasteiger partial charge in [-0.15, -0.1) is 0 Å². The number of carbonyl (C=O) groups excluding carboxylic acids is 1. The highest BCUT2D eigenvalue weighted by atomic mass is 16.5. The topological polar surface area (TPSA) is 59.3 Å². The zero-order chi connectivity index (χ0) is 19.6. The first-order valence-corrected chi connectivity index (χ1v) is 9.14. The molecule has 140 valence electrons. The maximum absolute atomic E-state index is 11.6. The Hall–Kier alpha value is -3.06. The summed E-state index contributed by atoms with van der Waals surface area (Å²) in [5.41, 5.74) is 3.04. The van der Waals surface area contributed by atoms with Crippen molar-refractivity contribution in [3.63, 3.8) is 0 Å². The number of esters is 1. The molecule has 2 aromatic carbocycles. The standard InChI is InChI=1S/C23H25NO3/c1-4-20(27-23(25)17(2)3)8-7-15-26-22-10-6-5-9-21(22)19-13-11-18(16-24)12-14-19/h5-6,9-14,20H,2,4,7-8,15H2,1,3H3. The molecular weight excluding hydrogens is 338 g/mol. The minimum Gasteiger partial charge on any atom is -0.493 e. The maximum Gasteiger partial charge on any atom is 0.333 e. The van der Waals surface area contributed by atoms with Gasteiger partial charge in [-0.25, -0.2) is 4.79 Å². The van der Waals surface area contributed by atoms with Crippen molar-refractivity contribution in [2.45, 2.75) is 39.2 Å². The minimum atomic E-state index is -0.339. The third-order valence-electron chi connectivity index (χ3n) is 4.22. The number of hydrogen-bond donors (Lipinski definition) is 0. The van der Waals surface area contributed by atoms with E-state index in [-0.39, 0.29) is 12.1 Å². The molecule has 0 saturated heterocycles. The molecule has 0 aliphatic carbocycles. The van der Waals surface area contributed by atoms with Crippen LogP contribution in [0.2, 0.25) is 0 Å². The Morgan fingerprint density at radius 3 is 2.52 bits per heavy atom. The Morgan fingerprint density at radius 1 is 1.19 bits per heavy atom. The van der Waals surface area contributed by atoms with Crippen LogP contribution in [0, 0.1) is 11.3 Å². The molecule has 27 heavy (non-hydrogen) atoms. The lowest BCUT2D eigenvalue weighted by Crippen LogP contribution is -2.18. The van der Waals surface area contributed by atoms with Crippen LogP contribution in [-0.2, 0) is 9.53 Å². The van der Waals surface area contributed by atoms with Crippen molar-refractivity contribution in [1.29, 1.82) is 5.26 Å². The molecule has 0 heterocycles. The van der Waals surface area contributed by atoms with Gasteiger partial charge >= 0.3 is 5.97 Å². The summed E-state index contributed by atoms with van der Waals surface area (Å²) in [7, 11) is 0. The van der Waals surface area contributed by atoms with Crippen LogP contribution in [0.1, 0.15) is 38.7 Å². The molecule has 0 N–H and O–H groups in total. The third kappa shape index (κ3) is 6.00. The fraction of sp³-hybridized carbons (Fsp3) is 0.304. The molecule has 0 aliphatic rings. The van der Waals surface area contributed by atoms with Gasteiger partial charge in [0.15, 0.2) is 0 Å². The molecule has 4 nitrogen and oxygen atoms in total. The van der Waals surface area contributed by atoms with Gasteiger partial charge < -0.3 is 9.47 Å². The van der Waals surface area contributed by atoms with Gasteiger partial charge in [-0.3, -0.25) is 0 Å². The molecular formula is C23H25NO3. The summed E-state index contributed by atoms with van der Waals surface area (Å²) in [5.74, 6) is 0.461. The summed E-state index contributed by atoms with van der Waals surface area (Å²) < 4.78 is 11.4. The first-order chi connectivity index (χ1) is 13.0. The monoisotopic (exact) mass is 363 g/mol. The molecule has 0 amide bonds. The summed E-state index contributed by atoms with van der Waals surface area (Å²) >= 11 is 0. The Bertz CT molecular complexity index is 818. The van der Waals surface area contributed by atoms with Crippen LogP contribution in [0.4, 0.5) is 0 Å². The van der Waals surface area contributed by atoms with Crippen molar-refractivity contribution in [3.05, 3.63) is 66.2 Å². The second-order valence-electron chi connectivity index (χ2n) is 6.39. The summed E-state index contributed by atoms with van der Waals surface area (Å²) in [4.78, 5) is 11.6. The van der Waals surface area contributed by atoms with E-state index < -0.39 is 0 Å². The summed E-state index contributed by atoms with van der Waals surface area (Å²) in [6, 6.07) is 17.4. The van der Waals surface area contributed by atoms with Gasteiger partial charge in [0, 0.05) is 11.1 Å². The molecule has 0 spiro atoms. The van der Waals surface area contributed by atoms with Crippen molar-refractivity contribution in [2.75, 3.05) is 6.61 Å². The average Bonchev–Trinajstić information content (AvgIpc) is 2.70. The van der Waals surface area contributed by atoms with Crippen molar-refractivity contribution >= 4 is 5.97 Å². The minimum absolute atomic E-state index is 0.119. The van der Waals surface area contributed by atoms with E-state index in [2.05, 4.69) is 12.6 Å². The van der Waals surface area contributed by atoms with Gasteiger partial charge in [0.1, 0.15) is 11.9 Å². The lowest BCUT2D eigenvalue weighted by Gasteiger charge is -2.17. The van der Waals surface area contributed by atoms with Crippen LogP contribution in [-0.4, -0.2) is 18.7 Å². The Kier molecular flexibility index (Phi) is 7.63. The van der Waals surface area contributed by atoms with Crippen molar-refractivity contribution in [2.24, 2.45) is 0 Å². The van der Waals surface area contributed by atoms with Crippen LogP contribution >= 0.6 is 0 Å². The summed E-state index contributed by atoms with van der Waals surface area (Å²) in [6.45, 7) is 7.80. The van der Waals surface area contributed by atoms with Crippen molar-refractivity contribution in [3.8, 4) is 22.9 Å². The SMILES string of the molecule is C=C(C)C(=O)OC(CC)CCCOc1ccccc1-c1ccc(C#N)cc1. The van der Waals surface area contributed by atoms with E-state index in [1.54, 1.807) is 19.1 Å². The Labute approximate surface area is 161 Å². The number of carbonyl (C=O) groups is 1. The predicted octanol–water partition coefficient (Wildman–Crippen LogP) is 5.28. The molecule has 4 heteroatoms. The van der Waals surface area contributed by atoms with Gasteiger partial charge in [0.25, 0.3) is 0 Å².